The molecule has 6 nitrogen and oxygen atoms in total. The molecule has 96 valence electrons. The average Bonchev–Trinajstić information content (AvgIpc) is 2.90. The zero-order valence-electron chi connectivity index (χ0n) is 10.2. The number of para-hydroxylation sites is 1. The Kier molecular flexibility index (Phi) is 2.66. The standard InChI is InChI=1S/C14H8N4O2/c15-6-8-4-5-11(16-7-8)13-17-10-3-1-2-9(14(19)20)12(10)18-13/h1-5,7H,(H,17,18)(H,19,20). The van der Waals surface area contributed by atoms with Crippen molar-refractivity contribution in [2.75, 3.05) is 0 Å². The minimum Gasteiger partial charge on any atom is -0.478 e. The summed E-state index contributed by atoms with van der Waals surface area (Å²) in [6, 6.07) is 10.2. The largest absolute Gasteiger partial charge is 0.478 e. The normalized spacial score (nSPS) is 10.3. The van der Waals surface area contributed by atoms with E-state index in [0.717, 1.165) is 0 Å². The topological polar surface area (TPSA) is 103 Å². The second-order valence-electron chi connectivity index (χ2n) is 4.14. The first-order valence-electron chi connectivity index (χ1n) is 5.77. The van der Waals surface area contributed by atoms with E-state index in [4.69, 9.17) is 10.4 Å². The summed E-state index contributed by atoms with van der Waals surface area (Å²) in [5.41, 5.74) is 2.17. The van der Waals surface area contributed by atoms with E-state index in [9.17, 15) is 4.79 Å². The summed E-state index contributed by atoms with van der Waals surface area (Å²) in [5, 5.41) is 17.9. The van der Waals surface area contributed by atoms with Crippen LogP contribution in [0.25, 0.3) is 22.6 Å². The predicted octanol–water partition coefficient (Wildman–Crippen LogP) is 2.19. The molecule has 0 bridgehead atoms. The van der Waals surface area contributed by atoms with Gasteiger partial charge in [0.05, 0.1) is 16.6 Å². The van der Waals surface area contributed by atoms with Gasteiger partial charge in [0.2, 0.25) is 0 Å². The van der Waals surface area contributed by atoms with Gasteiger partial charge in [-0.05, 0) is 24.3 Å². The van der Waals surface area contributed by atoms with Gasteiger partial charge in [0.25, 0.3) is 0 Å². The van der Waals surface area contributed by atoms with Crippen molar-refractivity contribution in [1.29, 1.82) is 5.26 Å². The van der Waals surface area contributed by atoms with E-state index in [1.54, 1.807) is 24.3 Å². The highest BCUT2D eigenvalue weighted by Gasteiger charge is 2.13. The van der Waals surface area contributed by atoms with E-state index in [1.807, 2.05) is 6.07 Å². The van der Waals surface area contributed by atoms with E-state index < -0.39 is 5.97 Å². The lowest BCUT2D eigenvalue weighted by atomic mass is 10.2. The summed E-state index contributed by atoms with van der Waals surface area (Å²) in [6.07, 6.45) is 1.45. The van der Waals surface area contributed by atoms with Crippen molar-refractivity contribution in [2.24, 2.45) is 0 Å². The summed E-state index contributed by atoms with van der Waals surface area (Å²) >= 11 is 0. The third kappa shape index (κ3) is 1.87. The summed E-state index contributed by atoms with van der Waals surface area (Å²) in [6.45, 7) is 0. The molecule has 6 heteroatoms. The van der Waals surface area contributed by atoms with Crippen LogP contribution in [0.2, 0.25) is 0 Å². The van der Waals surface area contributed by atoms with Gasteiger partial charge in [-0.15, -0.1) is 0 Å². The number of hydrogen-bond acceptors (Lipinski definition) is 4. The minimum absolute atomic E-state index is 0.138. The third-order valence-corrected chi connectivity index (χ3v) is 2.88. The predicted molar refractivity (Wildman–Crippen MR) is 71.0 cm³/mol. The number of aromatic amines is 1. The molecule has 2 aromatic heterocycles. The Morgan fingerprint density at radius 2 is 2.15 bits per heavy atom. The van der Waals surface area contributed by atoms with E-state index in [2.05, 4.69) is 15.0 Å². The maximum Gasteiger partial charge on any atom is 0.337 e. The van der Waals surface area contributed by atoms with Gasteiger partial charge in [0.1, 0.15) is 17.3 Å². The van der Waals surface area contributed by atoms with Gasteiger partial charge in [-0.2, -0.15) is 5.26 Å². The Morgan fingerprint density at radius 1 is 1.30 bits per heavy atom. The van der Waals surface area contributed by atoms with Crippen molar-refractivity contribution >= 4 is 17.0 Å². The monoisotopic (exact) mass is 264 g/mol. The fourth-order valence-electron chi connectivity index (χ4n) is 1.93. The molecular weight excluding hydrogens is 256 g/mol. The maximum absolute atomic E-state index is 11.1. The van der Waals surface area contributed by atoms with Crippen molar-refractivity contribution in [3.05, 3.63) is 47.7 Å². The van der Waals surface area contributed by atoms with Gasteiger partial charge in [-0.3, -0.25) is 4.98 Å². The fraction of sp³-hybridized carbons (Fsp3) is 0. The van der Waals surface area contributed by atoms with E-state index in [0.29, 0.717) is 28.1 Å². The van der Waals surface area contributed by atoms with Crippen molar-refractivity contribution in [1.82, 2.24) is 15.0 Å². The molecule has 0 saturated heterocycles. The summed E-state index contributed by atoms with van der Waals surface area (Å²) in [7, 11) is 0. The molecule has 0 unspecified atom stereocenters. The fourth-order valence-corrected chi connectivity index (χ4v) is 1.93. The molecule has 0 aliphatic heterocycles. The maximum atomic E-state index is 11.1. The number of aromatic carboxylic acids is 1. The number of nitrogens with zero attached hydrogens (tertiary/aromatic N) is 3. The van der Waals surface area contributed by atoms with Crippen LogP contribution >= 0.6 is 0 Å². The van der Waals surface area contributed by atoms with E-state index in [1.165, 1.54) is 12.3 Å². The summed E-state index contributed by atoms with van der Waals surface area (Å²) in [5.74, 6) is -0.556. The Bertz CT molecular complexity index is 844. The molecule has 2 N–H and O–H groups in total. The quantitative estimate of drug-likeness (QED) is 0.738. The molecule has 0 amide bonds. The average molecular weight is 264 g/mol. The van der Waals surface area contributed by atoms with Crippen LogP contribution in [0.5, 0.6) is 0 Å². The number of aromatic nitrogens is 3. The van der Waals surface area contributed by atoms with Gasteiger partial charge >= 0.3 is 5.97 Å². The highest BCUT2D eigenvalue weighted by Crippen LogP contribution is 2.21. The van der Waals surface area contributed by atoms with E-state index >= 15 is 0 Å². The number of carboxylic acids is 1. The minimum atomic E-state index is -1.03. The zero-order chi connectivity index (χ0) is 14.1. The molecule has 0 radical (unpaired) electrons. The second kappa shape index (κ2) is 4.48. The number of carboxylic acid groups (broad SMARTS) is 1. The van der Waals surface area contributed by atoms with Crippen molar-refractivity contribution < 1.29 is 9.90 Å². The number of rotatable bonds is 2. The van der Waals surface area contributed by atoms with Gasteiger partial charge in [-0.1, -0.05) is 6.07 Å². The first-order chi connectivity index (χ1) is 9.69. The zero-order valence-corrected chi connectivity index (χ0v) is 10.2. The number of imidazole rings is 1. The molecule has 3 rings (SSSR count). The number of nitrogens with one attached hydrogen (secondary N) is 1. The first kappa shape index (κ1) is 11.9. The number of pyridine rings is 1. The molecule has 2 heterocycles. The van der Waals surface area contributed by atoms with Crippen LogP contribution in [0.1, 0.15) is 15.9 Å². The number of carbonyl (C=O) groups is 1. The van der Waals surface area contributed by atoms with Crippen LogP contribution < -0.4 is 0 Å². The van der Waals surface area contributed by atoms with Gasteiger partial charge < -0.3 is 10.1 Å². The molecule has 1 aromatic carbocycles. The highest BCUT2D eigenvalue weighted by atomic mass is 16.4. The molecule has 0 fully saturated rings. The van der Waals surface area contributed by atoms with Crippen LogP contribution in [0.3, 0.4) is 0 Å². The first-order valence-corrected chi connectivity index (χ1v) is 5.77. The number of H-pyrrole nitrogens is 1. The number of benzene rings is 1. The second-order valence-corrected chi connectivity index (χ2v) is 4.14. The van der Waals surface area contributed by atoms with Gasteiger partial charge in [-0.25, -0.2) is 9.78 Å². The lowest BCUT2D eigenvalue weighted by Crippen LogP contribution is -1.96. The lowest BCUT2D eigenvalue weighted by Gasteiger charge is -1.94. The van der Waals surface area contributed by atoms with Crippen LogP contribution in [0.4, 0.5) is 0 Å². The molecule has 0 aliphatic carbocycles. The number of nitriles is 1. The van der Waals surface area contributed by atoms with Crippen LogP contribution in [0.15, 0.2) is 36.5 Å². The Labute approximate surface area is 113 Å². The lowest BCUT2D eigenvalue weighted by molar-refractivity contribution is 0.0699. The molecular formula is C14H8N4O2. The molecule has 0 spiro atoms. The van der Waals surface area contributed by atoms with Crippen molar-refractivity contribution in [3.63, 3.8) is 0 Å². The van der Waals surface area contributed by atoms with Crippen LogP contribution in [-0.2, 0) is 0 Å². The van der Waals surface area contributed by atoms with Crippen molar-refractivity contribution in [3.8, 4) is 17.6 Å². The number of hydrogen-bond donors (Lipinski definition) is 2. The Balaban J connectivity index is 2.15. The van der Waals surface area contributed by atoms with Crippen LogP contribution in [-0.4, -0.2) is 26.0 Å². The molecule has 3 aromatic rings. The van der Waals surface area contributed by atoms with E-state index in [-0.39, 0.29) is 5.56 Å². The SMILES string of the molecule is N#Cc1ccc(-c2nc3c(C(=O)O)cccc3[nH]2)nc1. The van der Waals surface area contributed by atoms with Gasteiger partial charge in [0, 0.05) is 6.20 Å². The highest BCUT2D eigenvalue weighted by molar-refractivity contribution is 6.01. The molecule has 0 saturated carbocycles. The van der Waals surface area contributed by atoms with Crippen molar-refractivity contribution in [2.45, 2.75) is 0 Å². The molecule has 0 aliphatic rings. The third-order valence-electron chi connectivity index (χ3n) is 2.88. The molecule has 0 atom stereocenters. The Hall–Kier alpha value is -3.20. The number of fused-ring (bicyclic) bond motifs is 1. The summed E-state index contributed by atoms with van der Waals surface area (Å²) < 4.78 is 0. The molecule has 20 heavy (non-hydrogen) atoms. The van der Waals surface area contributed by atoms with Gasteiger partial charge in [0.15, 0.2) is 5.82 Å². The van der Waals surface area contributed by atoms with Crippen LogP contribution in [0, 0.1) is 11.3 Å². The Morgan fingerprint density at radius 3 is 2.80 bits per heavy atom. The summed E-state index contributed by atoms with van der Waals surface area (Å²) in [4.78, 5) is 22.6. The smallest absolute Gasteiger partial charge is 0.337 e.